The minimum Gasteiger partial charge on any atom is -0.466 e. The summed E-state index contributed by atoms with van der Waals surface area (Å²) in [6, 6.07) is 0. The van der Waals surface area contributed by atoms with Gasteiger partial charge in [0.25, 0.3) is 0 Å². The molecule has 3 heterocycles. The number of allylic oxidation sites excluding steroid dienone is 1. The summed E-state index contributed by atoms with van der Waals surface area (Å²) in [5.74, 6) is 0.881. The highest BCUT2D eigenvalue weighted by Gasteiger charge is 2.36. The summed E-state index contributed by atoms with van der Waals surface area (Å²) in [7, 11) is 4.29. The van der Waals surface area contributed by atoms with Crippen LogP contribution in [0.5, 0.6) is 0 Å². The van der Waals surface area contributed by atoms with E-state index in [4.69, 9.17) is 0 Å². The molecule has 1 fully saturated rings. The van der Waals surface area contributed by atoms with Crippen LogP contribution in [-0.4, -0.2) is 79.7 Å². The van der Waals surface area contributed by atoms with Crippen LogP contribution in [0.25, 0.3) is 0 Å². The summed E-state index contributed by atoms with van der Waals surface area (Å²) in [6.45, 7) is 7.95. The van der Waals surface area contributed by atoms with E-state index in [1.165, 1.54) is 12.6 Å². The lowest BCUT2D eigenvalue weighted by atomic mass is 10.3. The molecule has 3 aliphatic heterocycles. The smallest absolute Gasteiger partial charge is 0.302 e. The molecule has 0 bridgehead atoms. The monoisotopic (exact) mass is 320 g/mol. The summed E-state index contributed by atoms with van der Waals surface area (Å²) >= 11 is 0. The molecule has 1 saturated heterocycles. The van der Waals surface area contributed by atoms with Crippen molar-refractivity contribution in [3.63, 3.8) is 0 Å². The SMILES string of the molecule is CCOC(C)=O.CN1CCN(C2=C3C=NC=C[N+]3(C)C=N2)CC1. The van der Waals surface area contributed by atoms with E-state index in [0.29, 0.717) is 11.1 Å². The maximum Gasteiger partial charge on any atom is 0.302 e. The number of hydrogen-bond acceptors (Lipinski definition) is 6. The first kappa shape index (κ1) is 17.4. The zero-order valence-corrected chi connectivity index (χ0v) is 14.4. The molecule has 3 aliphatic rings. The molecule has 1 atom stereocenters. The second-order valence-electron chi connectivity index (χ2n) is 5.89. The summed E-state index contributed by atoms with van der Waals surface area (Å²) < 4.78 is 5.05. The van der Waals surface area contributed by atoms with E-state index in [0.717, 1.165) is 32.0 Å². The second-order valence-corrected chi connectivity index (χ2v) is 5.89. The van der Waals surface area contributed by atoms with Gasteiger partial charge in [0.05, 0.1) is 26.1 Å². The molecule has 0 aliphatic carbocycles. The van der Waals surface area contributed by atoms with Gasteiger partial charge in [-0.1, -0.05) is 0 Å². The fourth-order valence-corrected chi connectivity index (χ4v) is 2.58. The van der Waals surface area contributed by atoms with E-state index < -0.39 is 0 Å². The number of hydrogen-bond donors (Lipinski definition) is 0. The lowest BCUT2D eigenvalue weighted by molar-refractivity contribution is -0.706. The molecule has 1 unspecified atom stereocenters. The molecule has 7 nitrogen and oxygen atoms in total. The van der Waals surface area contributed by atoms with Gasteiger partial charge in [0.15, 0.2) is 5.82 Å². The number of likely N-dealkylation sites (N-methyl/N-ethyl adjacent to an activating group) is 1. The molecule has 0 amide bonds. The van der Waals surface area contributed by atoms with Gasteiger partial charge in [-0.05, 0) is 14.0 Å². The van der Waals surface area contributed by atoms with Gasteiger partial charge in [-0.15, -0.1) is 0 Å². The quantitative estimate of drug-likeness (QED) is 0.563. The van der Waals surface area contributed by atoms with Crippen LogP contribution < -0.4 is 0 Å². The first-order valence-corrected chi connectivity index (χ1v) is 7.90. The van der Waals surface area contributed by atoms with Gasteiger partial charge in [-0.3, -0.25) is 9.79 Å². The first-order chi connectivity index (χ1) is 11.0. The third kappa shape index (κ3) is 4.27. The van der Waals surface area contributed by atoms with Crippen molar-refractivity contribution in [1.82, 2.24) is 9.80 Å². The number of ether oxygens (including phenoxy) is 1. The maximum absolute atomic E-state index is 9.82. The molecular formula is C16H26N5O2+. The average Bonchev–Trinajstić information content (AvgIpc) is 2.86. The van der Waals surface area contributed by atoms with Crippen LogP contribution >= 0.6 is 0 Å². The molecule has 0 aromatic rings. The van der Waals surface area contributed by atoms with E-state index in [1.54, 1.807) is 6.92 Å². The minimum absolute atomic E-state index is 0.211. The Morgan fingerprint density at radius 2 is 2.04 bits per heavy atom. The lowest BCUT2D eigenvalue weighted by Gasteiger charge is -2.33. The molecule has 3 rings (SSSR count). The number of rotatable bonds is 2. The number of fused-ring (bicyclic) bond motifs is 1. The Labute approximate surface area is 137 Å². The molecule has 7 heteroatoms. The summed E-state index contributed by atoms with van der Waals surface area (Å²) in [5.41, 5.74) is 1.18. The van der Waals surface area contributed by atoms with Crippen LogP contribution in [0, 0.1) is 0 Å². The number of esters is 1. The zero-order chi connectivity index (χ0) is 16.9. The highest BCUT2D eigenvalue weighted by Crippen LogP contribution is 2.28. The molecule has 0 aromatic carbocycles. The number of carbonyl (C=O) groups is 1. The third-order valence-corrected chi connectivity index (χ3v) is 3.98. The molecule has 0 aromatic heterocycles. The van der Waals surface area contributed by atoms with Crippen molar-refractivity contribution in [3.8, 4) is 0 Å². The molecule has 23 heavy (non-hydrogen) atoms. The standard InChI is InChI=1S/C12H18N5.C4H8O2/c1-15-4-6-16(7-5-15)12-11-9-13-3-8-17(11,2)10-14-12;1-3-6-4(2)5/h3,8-10H,4-7H2,1-2H3;3H2,1-2H3/q+1;. The maximum atomic E-state index is 9.82. The summed E-state index contributed by atoms with van der Waals surface area (Å²) in [4.78, 5) is 23.4. The van der Waals surface area contributed by atoms with Crippen molar-refractivity contribution in [2.75, 3.05) is 46.9 Å². The van der Waals surface area contributed by atoms with Gasteiger partial charge in [-0.2, -0.15) is 4.99 Å². The molecule has 0 radical (unpaired) electrons. The fourth-order valence-electron chi connectivity index (χ4n) is 2.58. The Morgan fingerprint density at radius 3 is 2.61 bits per heavy atom. The minimum atomic E-state index is -0.211. The highest BCUT2D eigenvalue weighted by molar-refractivity contribution is 5.83. The highest BCUT2D eigenvalue weighted by atomic mass is 16.5. The third-order valence-electron chi connectivity index (χ3n) is 3.98. The van der Waals surface area contributed by atoms with Gasteiger partial charge in [0.1, 0.15) is 6.20 Å². The van der Waals surface area contributed by atoms with Crippen molar-refractivity contribution in [2.45, 2.75) is 13.8 Å². The number of nitrogens with zero attached hydrogens (tertiary/aromatic N) is 5. The Balaban J connectivity index is 0.000000277. The summed E-state index contributed by atoms with van der Waals surface area (Å²) in [6.07, 6.45) is 7.80. The van der Waals surface area contributed by atoms with Crippen LogP contribution in [0.3, 0.4) is 0 Å². The lowest BCUT2D eigenvalue weighted by Crippen LogP contribution is -2.44. The van der Waals surface area contributed by atoms with Crippen molar-refractivity contribution in [2.24, 2.45) is 9.98 Å². The van der Waals surface area contributed by atoms with E-state index in [1.807, 2.05) is 18.8 Å². The van der Waals surface area contributed by atoms with Crippen LogP contribution in [0.15, 0.2) is 33.9 Å². The molecule has 126 valence electrons. The molecule has 0 spiro atoms. The second kappa shape index (κ2) is 7.52. The Kier molecular flexibility index (Phi) is 5.68. The Morgan fingerprint density at radius 1 is 1.35 bits per heavy atom. The van der Waals surface area contributed by atoms with Gasteiger partial charge in [-0.25, -0.2) is 4.48 Å². The van der Waals surface area contributed by atoms with Gasteiger partial charge in [0, 0.05) is 33.1 Å². The van der Waals surface area contributed by atoms with Crippen LogP contribution in [0.2, 0.25) is 0 Å². The number of carbonyl (C=O) groups excluding carboxylic acids is 1. The van der Waals surface area contributed by atoms with Crippen molar-refractivity contribution < 1.29 is 14.0 Å². The topological polar surface area (TPSA) is 57.5 Å². The largest absolute Gasteiger partial charge is 0.466 e. The van der Waals surface area contributed by atoms with E-state index >= 15 is 0 Å². The van der Waals surface area contributed by atoms with Crippen molar-refractivity contribution in [1.29, 1.82) is 0 Å². The fraction of sp³-hybridized carbons (Fsp3) is 0.562. The van der Waals surface area contributed by atoms with Crippen molar-refractivity contribution in [3.05, 3.63) is 23.9 Å². The number of aliphatic imine (C=N–C) groups is 2. The van der Waals surface area contributed by atoms with Gasteiger partial charge in [0.2, 0.25) is 12.0 Å². The van der Waals surface area contributed by atoms with Crippen LogP contribution in [0.1, 0.15) is 13.8 Å². The average molecular weight is 320 g/mol. The molecular weight excluding hydrogens is 294 g/mol. The van der Waals surface area contributed by atoms with E-state index in [9.17, 15) is 4.79 Å². The predicted octanol–water partition coefficient (Wildman–Crippen LogP) is 1.02. The Bertz CT molecular complexity index is 559. The summed E-state index contributed by atoms with van der Waals surface area (Å²) in [5, 5.41) is 0. The van der Waals surface area contributed by atoms with E-state index in [2.05, 4.69) is 44.8 Å². The first-order valence-electron chi connectivity index (χ1n) is 7.90. The normalized spacial score (nSPS) is 26.0. The van der Waals surface area contributed by atoms with Crippen molar-refractivity contribution >= 4 is 18.5 Å². The molecule has 0 N–H and O–H groups in total. The van der Waals surface area contributed by atoms with Gasteiger partial charge >= 0.3 is 5.97 Å². The van der Waals surface area contributed by atoms with E-state index in [-0.39, 0.29) is 5.97 Å². The molecule has 0 saturated carbocycles. The predicted molar refractivity (Wildman–Crippen MR) is 90.7 cm³/mol. The number of piperazine rings is 1. The van der Waals surface area contributed by atoms with Crippen LogP contribution in [0.4, 0.5) is 0 Å². The van der Waals surface area contributed by atoms with Crippen LogP contribution in [-0.2, 0) is 9.53 Å². The Hall–Kier alpha value is -1.99. The van der Waals surface area contributed by atoms with Gasteiger partial charge < -0.3 is 14.5 Å². The zero-order valence-electron chi connectivity index (χ0n) is 14.4. The number of quaternary nitrogens is 1.